The monoisotopic (exact) mass is 606 g/mol. The number of nitrogens with one attached hydrogen (secondary N) is 2. The van der Waals surface area contributed by atoms with Gasteiger partial charge in [0.25, 0.3) is 0 Å². The molecular weight excluding hydrogens is 573 g/mol. The van der Waals surface area contributed by atoms with Gasteiger partial charge >= 0.3 is 6.18 Å². The number of ether oxygens (including phenoxy) is 1. The Morgan fingerprint density at radius 2 is 1.95 bits per heavy atom. The van der Waals surface area contributed by atoms with Crippen LogP contribution in [0.15, 0.2) is 37.1 Å². The molecule has 2 saturated carbocycles. The van der Waals surface area contributed by atoms with Gasteiger partial charge in [-0.15, -0.1) is 0 Å². The van der Waals surface area contributed by atoms with Crippen molar-refractivity contribution >= 4 is 11.0 Å². The minimum Gasteiger partial charge on any atom is -0.474 e. The van der Waals surface area contributed by atoms with Crippen molar-refractivity contribution in [3.05, 3.63) is 48.6 Å². The maximum absolute atomic E-state index is 13.5. The van der Waals surface area contributed by atoms with Crippen LogP contribution in [0.1, 0.15) is 63.4 Å². The third-order valence-corrected chi connectivity index (χ3v) is 9.25. The van der Waals surface area contributed by atoms with Crippen LogP contribution in [0.3, 0.4) is 0 Å². The Morgan fingerprint density at radius 1 is 1.16 bits per heavy atom. The molecule has 1 aliphatic heterocycles. The molecule has 2 aliphatic carbocycles. The molecule has 0 radical (unpaired) electrons. The van der Waals surface area contributed by atoms with E-state index in [0.717, 1.165) is 48.0 Å². The predicted octanol–water partition coefficient (Wildman–Crippen LogP) is 4.59. The first-order chi connectivity index (χ1) is 21.1. The number of nitrogens with zero attached hydrogens (tertiary/aromatic N) is 8. The van der Waals surface area contributed by atoms with E-state index >= 15 is 0 Å². The van der Waals surface area contributed by atoms with Gasteiger partial charge in [-0.1, -0.05) is 0 Å². The van der Waals surface area contributed by atoms with E-state index in [1.807, 2.05) is 30.1 Å². The van der Waals surface area contributed by atoms with Crippen LogP contribution >= 0.6 is 0 Å². The third-order valence-electron chi connectivity index (χ3n) is 9.25. The van der Waals surface area contributed by atoms with Crippen molar-refractivity contribution in [3.8, 4) is 23.2 Å². The molecular formula is C30H33F3N10O. The SMILES string of the molecule is CC1(NCc2cc(O[C@H]3CC[C@@H](N4CC(CC#N)(n5cc(-c6ncnc7[nH]ccc67)cn5)C4)CC3)nc(C(F)(F)F)n2)CC1. The number of alkyl halides is 3. The van der Waals surface area contributed by atoms with Crippen molar-refractivity contribution in [2.45, 2.75) is 87.8 Å². The van der Waals surface area contributed by atoms with E-state index in [1.165, 1.54) is 12.4 Å². The Balaban J connectivity index is 0.980. The molecule has 1 saturated heterocycles. The Labute approximate surface area is 251 Å². The summed E-state index contributed by atoms with van der Waals surface area (Å²) in [6, 6.07) is 6.10. The summed E-state index contributed by atoms with van der Waals surface area (Å²) in [5.74, 6) is -1.20. The van der Waals surface area contributed by atoms with Gasteiger partial charge in [-0.2, -0.15) is 28.5 Å². The van der Waals surface area contributed by atoms with Gasteiger partial charge in [0, 0.05) is 60.6 Å². The number of aromatic amines is 1. The smallest absolute Gasteiger partial charge is 0.451 e. The molecule has 4 aromatic rings. The van der Waals surface area contributed by atoms with Crippen LogP contribution in [-0.4, -0.2) is 70.4 Å². The fourth-order valence-electron chi connectivity index (χ4n) is 6.38. The Kier molecular flexibility index (Phi) is 7.05. The van der Waals surface area contributed by atoms with E-state index in [4.69, 9.17) is 4.74 Å². The first-order valence-electron chi connectivity index (χ1n) is 14.9. The second kappa shape index (κ2) is 10.8. The molecule has 11 nitrogen and oxygen atoms in total. The molecule has 0 spiro atoms. The second-order valence-corrected chi connectivity index (χ2v) is 12.6. The highest BCUT2D eigenvalue weighted by molar-refractivity contribution is 5.90. The highest BCUT2D eigenvalue weighted by Crippen LogP contribution is 2.39. The summed E-state index contributed by atoms with van der Waals surface area (Å²) in [5, 5.41) is 18.5. The minimum absolute atomic E-state index is 0.0272. The number of likely N-dealkylation sites (tertiary alicyclic amines) is 1. The number of hydrogen-bond donors (Lipinski definition) is 2. The molecule has 5 heterocycles. The van der Waals surface area contributed by atoms with Gasteiger partial charge in [0.2, 0.25) is 11.7 Å². The lowest BCUT2D eigenvalue weighted by molar-refractivity contribution is -0.145. The molecule has 0 bridgehead atoms. The largest absolute Gasteiger partial charge is 0.474 e. The topological polar surface area (TPSA) is 133 Å². The summed E-state index contributed by atoms with van der Waals surface area (Å²) in [6.07, 6.45) is 7.63. The molecule has 4 aromatic heterocycles. The first-order valence-corrected chi connectivity index (χ1v) is 14.9. The van der Waals surface area contributed by atoms with Crippen LogP contribution in [0, 0.1) is 11.3 Å². The van der Waals surface area contributed by atoms with Crippen molar-refractivity contribution in [1.82, 2.24) is 44.9 Å². The lowest BCUT2D eigenvalue weighted by atomic mass is 9.82. The van der Waals surface area contributed by atoms with E-state index in [2.05, 4.69) is 46.3 Å². The van der Waals surface area contributed by atoms with E-state index < -0.39 is 17.5 Å². The molecule has 0 aromatic carbocycles. The first kappa shape index (κ1) is 28.7. The zero-order valence-corrected chi connectivity index (χ0v) is 24.3. The quantitative estimate of drug-likeness (QED) is 0.281. The Bertz CT molecular complexity index is 1690. The van der Waals surface area contributed by atoms with Crippen LogP contribution in [0.2, 0.25) is 0 Å². The fourth-order valence-corrected chi connectivity index (χ4v) is 6.38. The average molecular weight is 607 g/mol. The number of rotatable bonds is 9. The van der Waals surface area contributed by atoms with Crippen molar-refractivity contribution in [3.63, 3.8) is 0 Å². The van der Waals surface area contributed by atoms with Gasteiger partial charge in [-0.25, -0.2) is 15.0 Å². The van der Waals surface area contributed by atoms with Gasteiger partial charge in [-0.3, -0.25) is 9.58 Å². The molecule has 0 amide bonds. The van der Waals surface area contributed by atoms with Gasteiger partial charge in [0.05, 0.1) is 30.1 Å². The molecule has 7 rings (SSSR count). The highest BCUT2D eigenvalue weighted by Gasteiger charge is 2.48. The molecule has 230 valence electrons. The van der Waals surface area contributed by atoms with E-state index in [1.54, 1.807) is 6.20 Å². The Hall–Kier alpha value is -4.09. The van der Waals surface area contributed by atoms with Crippen LogP contribution < -0.4 is 10.1 Å². The second-order valence-electron chi connectivity index (χ2n) is 12.6. The third kappa shape index (κ3) is 5.61. The molecule has 0 atom stereocenters. The van der Waals surface area contributed by atoms with Crippen molar-refractivity contribution in [1.29, 1.82) is 5.26 Å². The number of fused-ring (bicyclic) bond motifs is 1. The summed E-state index contributed by atoms with van der Waals surface area (Å²) in [5.41, 5.74) is 2.22. The molecule has 3 fully saturated rings. The summed E-state index contributed by atoms with van der Waals surface area (Å²) >= 11 is 0. The summed E-state index contributed by atoms with van der Waals surface area (Å²) in [4.78, 5) is 21.6. The highest BCUT2D eigenvalue weighted by atomic mass is 19.4. The molecule has 14 heteroatoms. The minimum atomic E-state index is -4.65. The summed E-state index contributed by atoms with van der Waals surface area (Å²) in [7, 11) is 0. The zero-order valence-electron chi connectivity index (χ0n) is 24.3. The maximum atomic E-state index is 13.5. The van der Waals surface area contributed by atoms with Crippen molar-refractivity contribution < 1.29 is 17.9 Å². The van der Waals surface area contributed by atoms with Gasteiger partial charge in [0.15, 0.2) is 0 Å². The fraction of sp³-hybridized carbons (Fsp3) is 0.533. The van der Waals surface area contributed by atoms with Gasteiger partial charge in [-0.05, 0) is 51.5 Å². The number of halogens is 3. The van der Waals surface area contributed by atoms with Crippen molar-refractivity contribution in [2.24, 2.45) is 0 Å². The Morgan fingerprint density at radius 3 is 2.68 bits per heavy atom. The van der Waals surface area contributed by atoms with Crippen LogP contribution in [0.25, 0.3) is 22.3 Å². The van der Waals surface area contributed by atoms with E-state index in [0.29, 0.717) is 38.4 Å². The molecule has 0 unspecified atom stereocenters. The van der Waals surface area contributed by atoms with Gasteiger partial charge < -0.3 is 15.0 Å². The number of nitriles is 1. The average Bonchev–Trinajstić information content (AvgIpc) is 3.34. The number of H-pyrrole nitrogens is 1. The number of hydrogen-bond acceptors (Lipinski definition) is 9. The standard InChI is InChI=1S/C30H33F3N10O/c1-28(7-8-28)38-14-20-12-24(41-27(40-20)30(31,32)33)44-22-4-2-21(3-5-22)42-16-29(17-42,9-10-34)43-15-19(13-39-43)25-23-6-11-35-26(23)37-18-36-25/h6,11-13,15,18,21-22,38H,2-5,7-9,14,16-17H2,1H3,(H,35,36,37)/t21-,22+. The number of aromatic nitrogens is 7. The zero-order chi connectivity index (χ0) is 30.5. The van der Waals surface area contributed by atoms with E-state index in [9.17, 15) is 18.4 Å². The van der Waals surface area contributed by atoms with Gasteiger partial charge in [0.1, 0.15) is 23.6 Å². The lowest BCUT2D eigenvalue weighted by Crippen LogP contribution is -2.65. The predicted molar refractivity (Wildman–Crippen MR) is 153 cm³/mol. The van der Waals surface area contributed by atoms with Crippen LogP contribution in [-0.2, 0) is 18.3 Å². The summed E-state index contributed by atoms with van der Waals surface area (Å²) < 4.78 is 48.5. The lowest BCUT2D eigenvalue weighted by Gasteiger charge is -2.53. The van der Waals surface area contributed by atoms with Crippen molar-refractivity contribution in [2.75, 3.05) is 13.1 Å². The maximum Gasteiger partial charge on any atom is 0.451 e. The molecule has 3 aliphatic rings. The molecule has 2 N–H and O–H groups in total. The van der Waals surface area contributed by atoms with Crippen LogP contribution in [0.5, 0.6) is 5.88 Å². The molecule has 44 heavy (non-hydrogen) atoms. The summed E-state index contributed by atoms with van der Waals surface area (Å²) in [6.45, 7) is 3.66. The van der Waals surface area contributed by atoms with E-state index in [-0.39, 0.29) is 29.8 Å². The normalized spacial score (nSPS) is 22.8. The van der Waals surface area contributed by atoms with Crippen LogP contribution in [0.4, 0.5) is 13.2 Å².